The van der Waals surface area contributed by atoms with Gasteiger partial charge >= 0.3 is 0 Å². The van der Waals surface area contributed by atoms with Crippen molar-refractivity contribution in [3.8, 4) is 0 Å². The van der Waals surface area contributed by atoms with Gasteiger partial charge in [-0.2, -0.15) is 0 Å². The largest absolute Gasteiger partial charge is 0.290 e. The van der Waals surface area contributed by atoms with Gasteiger partial charge in [0.25, 0.3) is 0 Å². The molecule has 2 nitrogen and oxygen atoms in total. The van der Waals surface area contributed by atoms with Crippen LogP contribution in [0.5, 0.6) is 0 Å². The van der Waals surface area contributed by atoms with Gasteiger partial charge in [-0.1, -0.05) is 46.6 Å². The van der Waals surface area contributed by atoms with E-state index in [2.05, 4.69) is 65.8 Å². The standard InChI is InChI=1S/C26H36O2/c1-19(2)9-7-11-21(5)13-15-23-17-26(28)24(18-25(23)27)16-14-22(6)12-8-10-20(3)4/h9-10,13-14,17-18H,7-8,11-12,15-16H2,1-6H3/b21-13+,22-14+. The first-order valence-corrected chi connectivity index (χ1v) is 10.3. The Morgan fingerprint density at radius 1 is 0.643 bits per heavy atom. The van der Waals surface area contributed by atoms with Crippen LogP contribution in [0.4, 0.5) is 0 Å². The highest BCUT2D eigenvalue weighted by Gasteiger charge is 2.18. The molecule has 0 aromatic rings. The summed E-state index contributed by atoms with van der Waals surface area (Å²) >= 11 is 0. The van der Waals surface area contributed by atoms with Gasteiger partial charge in [-0.05, 0) is 92.2 Å². The second-order valence-corrected chi connectivity index (χ2v) is 8.22. The fourth-order valence-corrected chi connectivity index (χ4v) is 2.91. The van der Waals surface area contributed by atoms with Crippen LogP contribution in [0, 0.1) is 0 Å². The Morgan fingerprint density at radius 3 is 1.32 bits per heavy atom. The molecule has 28 heavy (non-hydrogen) atoms. The molecule has 0 saturated heterocycles. The zero-order chi connectivity index (χ0) is 21.1. The number of hydrogen-bond acceptors (Lipinski definition) is 2. The third-order valence-electron chi connectivity index (χ3n) is 4.77. The first-order valence-electron chi connectivity index (χ1n) is 10.3. The zero-order valence-electron chi connectivity index (χ0n) is 18.5. The maximum atomic E-state index is 12.4. The minimum Gasteiger partial charge on any atom is -0.290 e. The lowest BCUT2D eigenvalue weighted by atomic mass is 9.92. The van der Waals surface area contributed by atoms with E-state index in [-0.39, 0.29) is 11.6 Å². The van der Waals surface area contributed by atoms with E-state index in [1.807, 2.05) is 0 Å². The van der Waals surface area contributed by atoms with Gasteiger partial charge in [-0.25, -0.2) is 0 Å². The quantitative estimate of drug-likeness (QED) is 0.298. The molecule has 0 aliphatic heterocycles. The van der Waals surface area contributed by atoms with E-state index in [0.717, 1.165) is 25.7 Å². The van der Waals surface area contributed by atoms with E-state index < -0.39 is 0 Å². The van der Waals surface area contributed by atoms with Crippen LogP contribution in [0.2, 0.25) is 0 Å². The van der Waals surface area contributed by atoms with Crippen molar-refractivity contribution in [3.05, 3.63) is 69.9 Å². The molecule has 2 heteroatoms. The Kier molecular flexibility index (Phi) is 10.4. The van der Waals surface area contributed by atoms with Crippen LogP contribution in [0.1, 0.15) is 80.1 Å². The summed E-state index contributed by atoms with van der Waals surface area (Å²) in [6.07, 6.45) is 16.7. The van der Waals surface area contributed by atoms with Crippen LogP contribution in [-0.4, -0.2) is 11.6 Å². The molecular weight excluding hydrogens is 344 g/mol. The molecule has 0 atom stereocenters. The molecule has 0 heterocycles. The summed E-state index contributed by atoms with van der Waals surface area (Å²) in [5.74, 6) is -0.0583. The van der Waals surface area contributed by atoms with E-state index in [0.29, 0.717) is 24.0 Å². The van der Waals surface area contributed by atoms with Gasteiger partial charge in [-0.15, -0.1) is 0 Å². The molecule has 0 aromatic carbocycles. The fourth-order valence-electron chi connectivity index (χ4n) is 2.91. The molecule has 0 radical (unpaired) electrons. The predicted octanol–water partition coefficient (Wildman–Crippen LogP) is 7.16. The van der Waals surface area contributed by atoms with Crippen LogP contribution in [-0.2, 0) is 9.59 Å². The van der Waals surface area contributed by atoms with Crippen molar-refractivity contribution in [3.63, 3.8) is 0 Å². The number of rotatable bonds is 10. The second-order valence-electron chi connectivity index (χ2n) is 8.22. The summed E-state index contributed by atoms with van der Waals surface area (Å²) in [7, 11) is 0. The third kappa shape index (κ3) is 9.64. The minimum absolute atomic E-state index is 0.0291. The van der Waals surface area contributed by atoms with Crippen LogP contribution >= 0.6 is 0 Å². The molecule has 0 saturated carbocycles. The molecule has 0 amide bonds. The number of ketones is 2. The zero-order valence-corrected chi connectivity index (χ0v) is 18.5. The monoisotopic (exact) mass is 380 g/mol. The summed E-state index contributed by atoms with van der Waals surface area (Å²) in [4.78, 5) is 24.8. The molecule has 0 unspecified atom stereocenters. The Bertz CT molecular complexity index is 690. The predicted molar refractivity (Wildman–Crippen MR) is 120 cm³/mol. The number of hydrogen-bond donors (Lipinski definition) is 0. The van der Waals surface area contributed by atoms with Crippen molar-refractivity contribution >= 4 is 11.6 Å². The van der Waals surface area contributed by atoms with Gasteiger partial charge in [0.05, 0.1) is 0 Å². The van der Waals surface area contributed by atoms with Crippen molar-refractivity contribution in [2.24, 2.45) is 0 Å². The van der Waals surface area contributed by atoms with Crippen molar-refractivity contribution < 1.29 is 9.59 Å². The highest BCUT2D eigenvalue weighted by atomic mass is 16.1. The average Bonchev–Trinajstić information content (AvgIpc) is 2.60. The van der Waals surface area contributed by atoms with Crippen molar-refractivity contribution in [1.82, 2.24) is 0 Å². The van der Waals surface area contributed by atoms with E-state index in [1.165, 1.54) is 34.4 Å². The molecule has 0 aromatic heterocycles. The highest BCUT2D eigenvalue weighted by molar-refractivity contribution is 6.20. The first kappa shape index (κ1) is 23.8. The van der Waals surface area contributed by atoms with Crippen LogP contribution in [0.25, 0.3) is 0 Å². The first-order chi connectivity index (χ1) is 13.2. The lowest BCUT2D eigenvalue weighted by Crippen LogP contribution is -2.12. The van der Waals surface area contributed by atoms with Gasteiger partial charge in [0.15, 0.2) is 11.6 Å². The summed E-state index contributed by atoms with van der Waals surface area (Å²) in [6, 6.07) is 0. The maximum Gasteiger partial charge on any atom is 0.182 e. The van der Waals surface area contributed by atoms with Crippen molar-refractivity contribution in [2.45, 2.75) is 80.1 Å². The molecule has 0 spiro atoms. The number of allylic oxidation sites excluding steroid dienone is 12. The molecule has 152 valence electrons. The highest BCUT2D eigenvalue weighted by Crippen LogP contribution is 2.20. The normalized spacial score (nSPS) is 15.2. The van der Waals surface area contributed by atoms with Crippen LogP contribution in [0.3, 0.4) is 0 Å². The van der Waals surface area contributed by atoms with Crippen molar-refractivity contribution in [1.29, 1.82) is 0 Å². The van der Waals surface area contributed by atoms with E-state index in [1.54, 1.807) is 0 Å². The summed E-state index contributed by atoms with van der Waals surface area (Å²) in [6.45, 7) is 12.6. The summed E-state index contributed by atoms with van der Waals surface area (Å²) in [5, 5.41) is 0. The average molecular weight is 381 g/mol. The lowest BCUT2D eigenvalue weighted by molar-refractivity contribution is -0.115. The molecule has 1 rings (SSSR count). The SMILES string of the molecule is CC(C)=CCC/C(C)=C/CC1=CC(=O)C(C/C=C(\C)CCC=C(C)C)=CC1=O. The Labute approximate surface area is 171 Å². The number of carbonyl (C=O) groups is 2. The number of carbonyl (C=O) groups excluding carboxylic acids is 2. The van der Waals surface area contributed by atoms with Gasteiger partial charge in [0.2, 0.25) is 0 Å². The van der Waals surface area contributed by atoms with E-state index in [4.69, 9.17) is 0 Å². The second kappa shape index (κ2) is 12.3. The molecule has 0 N–H and O–H groups in total. The maximum absolute atomic E-state index is 12.4. The van der Waals surface area contributed by atoms with E-state index >= 15 is 0 Å². The Balaban J connectivity index is 2.61. The van der Waals surface area contributed by atoms with Gasteiger partial charge < -0.3 is 0 Å². The fraction of sp³-hybridized carbons (Fsp3) is 0.462. The molecular formula is C26H36O2. The summed E-state index contributed by atoms with van der Waals surface area (Å²) in [5.41, 5.74) is 6.34. The summed E-state index contributed by atoms with van der Waals surface area (Å²) < 4.78 is 0. The molecule has 1 aliphatic carbocycles. The smallest absolute Gasteiger partial charge is 0.182 e. The van der Waals surface area contributed by atoms with Crippen molar-refractivity contribution in [2.75, 3.05) is 0 Å². The van der Waals surface area contributed by atoms with Gasteiger partial charge in [-0.3, -0.25) is 9.59 Å². The third-order valence-corrected chi connectivity index (χ3v) is 4.77. The lowest BCUT2D eigenvalue weighted by Gasteiger charge is -2.11. The Hall–Kier alpha value is -2.22. The minimum atomic E-state index is -0.0291. The van der Waals surface area contributed by atoms with Gasteiger partial charge in [0.1, 0.15) is 0 Å². The topological polar surface area (TPSA) is 34.1 Å². The van der Waals surface area contributed by atoms with Gasteiger partial charge in [0, 0.05) is 11.1 Å². The molecule has 0 bridgehead atoms. The Morgan fingerprint density at radius 2 is 1.00 bits per heavy atom. The molecule has 1 aliphatic rings. The molecule has 0 fully saturated rings. The van der Waals surface area contributed by atoms with Crippen LogP contribution < -0.4 is 0 Å². The van der Waals surface area contributed by atoms with Crippen LogP contribution in [0.15, 0.2) is 69.9 Å². The van der Waals surface area contributed by atoms with E-state index in [9.17, 15) is 9.59 Å².